The molecule has 6 heteroatoms. The summed E-state index contributed by atoms with van der Waals surface area (Å²) in [5.74, 6) is -1.58. The van der Waals surface area contributed by atoms with Gasteiger partial charge in [-0.2, -0.15) is 10.2 Å². The maximum absolute atomic E-state index is 11.5. The maximum Gasteiger partial charge on any atom is 0.331 e. The van der Waals surface area contributed by atoms with E-state index in [1.165, 1.54) is 64.2 Å². The van der Waals surface area contributed by atoms with E-state index in [2.05, 4.69) is 34.9 Å². The Balaban J connectivity index is 3.56. The van der Waals surface area contributed by atoms with E-state index in [1.54, 1.807) is 12.4 Å². The van der Waals surface area contributed by atoms with Gasteiger partial charge in [0.1, 0.15) is 0 Å². The fourth-order valence-corrected chi connectivity index (χ4v) is 2.47. The second kappa shape index (κ2) is 19.6. The minimum atomic E-state index is -0.791. The standard InChI is InChI=1S/C20H38N4O2/c1-3-5-7-9-11-13-15-17-21-23-19(25)20(26)24-22-18-16-14-12-10-8-6-4-2/h17-18H,3-16H2,1-2H3,(H,23,25)(H,24,26). The third-order valence-electron chi connectivity index (χ3n) is 4.09. The molecule has 0 aromatic heterocycles. The Morgan fingerprint density at radius 1 is 0.615 bits per heavy atom. The van der Waals surface area contributed by atoms with Gasteiger partial charge in [-0.15, -0.1) is 0 Å². The van der Waals surface area contributed by atoms with Crippen LogP contribution in [0.15, 0.2) is 10.2 Å². The van der Waals surface area contributed by atoms with E-state index in [1.807, 2.05) is 0 Å². The molecule has 0 aliphatic heterocycles. The van der Waals surface area contributed by atoms with E-state index < -0.39 is 11.8 Å². The molecule has 150 valence electrons. The summed E-state index contributed by atoms with van der Waals surface area (Å²) in [7, 11) is 0. The van der Waals surface area contributed by atoms with Gasteiger partial charge >= 0.3 is 11.8 Å². The molecule has 0 bridgehead atoms. The van der Waals surface area contributed by atoms with Crippen molar-refractivity contribution in [3.05, 3.63) is 0 Å². The van der Waals surface area contributed by atoms with Gasteiger partial charge in [-0.1, -0.05) is 78.1 Å². The number of rotatable bonds is 16. The van der Waals surface area contributed by atoms with E-state index >= 15 is 0 Å². The average Bonchev–Trinajstić information content (AvgIpc) is 2.65. The lowest BCUT2D eigenvalue weighted by molar-refractivity contribution is -0.139. The Morgan fingerprint density at radius 2 is 0.962 bits per heavy atom. The molecule has 0 saturated heterocycles. The van der Waals surface area contributed by atoms with Gasteiger partial charge in [0.25, 0.3) is 0 Å². The van der Waals surface area contributed by atoms with Crippen molar-refractivity contribution < 1.29 is 9.59 Å². The third-order valence-corrected chi connectivity index (χ3v) is 4.09. The Hall–Kier alpha value is -1.72. The summed E-state index contributed by atoms with van der Waals surface area (Å²) in [6.07, 6.45) is 19.5. The first-order chi connectivity index (χ1) is 12.7. The molecule has 0 aliphatic rings. The highest BCUT2D eigenvalue weighted by Crippen LogP contribution is 2.06. The molecule has 2 N–H and O–H groups in total. The lowest BCUT2D eigenvalue weighted by Gasteiger charge is -1.99. The molecule has 6 nitrogen and oxygen atoms in total. The first-order valence-electron chi connectivity index (χ1n) is 10.4. The van der Waals surface area contributed by atoms with Crippen LogP contribution < -0.4 is 10.9 Å². The van der Waals surface area contributed by atoms with Crippen LogP contribution >= 0.6 is 0 Å². The minimum Gasteiger partial charge on any atom is -0.262 e. The zero-order valence-electron chi connectivity index (χ0n) is 16.8. The molecule has 0 rings (SSSR count). The molecular formula is C20H38N4O2. The molecule has 0 atom stereocenters. The van der Waals surface area contributed by atoms with Gasteiger partial charge in [-0.05, 0) is 25.7 Å². The topological polar surface area (TPSA) is 82.9 Å². The quantitative estimate of drug-likeness (QED) is 0.180. The summed E-state index contributed by atoms with van der Waals surface area (Å²) in [6.45, 7) is 4.40. The van der Waals surface area contributed by atoms with Crippen LogP contribution in [0.1, 0.15) is 104 Å². The van der Waals surface area contributed by atoms with E-state index in [-0.39, 0.29) is 0 Å². The number of nitrogens with zero attached hydrogens (tertiary/aromatic N) is 2. The van der Waals surface area contributed by atoms with Crippen LogP contribution in [-0.2, 0) is 9.59 Å². The predicted octanol–water partition coefficient (Wildman–Crippen LogP) is 4.69. The predicted molar refractivity (Wildman–Crippen MR) is 109 cm³/mol. The van der Waals surface area contributed by atoms with Crippen molar-refractivity contribution in [1.82, 2.24) is 10.9 Å². The van der Waals surface area contributed by atoms with Gasteiger partial charge in [-0.3, -0.25) is 9.59 Å². The monoisotopic (exact) mass is 366 g/mol. The fraction of sp³-hybridized carbons (Fsp3) is 0.800. The second-order valence-corrected chi connectivity index (χ2v) is 6.62. The van der Waals surface area contributed by atoms with Gasteiger partial charge in [-0.25, -0.2) is 10.9 Å². The highest BCUT2D eigenvalue weighted by molar-refractivity contribution is 6.35. The summed E-state index contributed by atoms with van der Waals surface area (Å²) >= 11 is 0. The van der Waals surface area contributed by atoms with Crippen molar-refractivity contribution in [2.75, 3.05) is 0 Å². The van der Waals surface area contributed by atoms with E-state index in [9.17, 15) is 9.59 Å². The van der Waals surface area contributed by atoms with Crippen LogP contribution in [0.3, 0.4) is 0 Å². The van der Waals surface area contributed by atoms with Crippen molar-refractivity contribution in [1.29, 1.82) is 0 Å². The van der Waals surface area contributed by atoms with Crippen molar-refractivity contribution in [2.45, 2.75) is 104 Å². The largest absolute Gasteiger partial charge is 0.331 e. The summed E-state index contributed by atoms with van der Waals surface area (Å²) in [4.78, 5) is 23.0. The lowest BCUT2D eigenvalue weighted by Crippen LogP contribution is -2.35. The number of hydrazone groups is 2. The number of nitrogens with one attached hydrogen (secondary N) is 2. The highest BCUT2D eigenvalue weighted by atomic mass is 16.2. The molecule has 0 aliphatic carbocycles. The van der Waals surface area contributed by atoms with E-state index in [0.717, 1.165) is 25.7 Å². The highest BCUT2D eigenvalue weighted by Gasteiger charge is 2.10. The van der Waals surface area contributed by atoms with Gasteiger partial charge in [0.05, 0.1) is 0 Å². The van der Waals surface area contributed by atoms with E-state index in [0.29, 0.717) is 0 Å². The smallest absolute Gasteiger partial charge is 0.262 e. The Bertz CT molecular complexity index is 371. The number of amides is 2. The molecule has 0 aromatic carbocycles. The number of hydrogen-bond donors (Lipinski definition) is 2. The summed E-state index contributed by atoms with van der Waals surface area (Å²) in [5.41, 5.74) is 4.44. The second-order valence-electron chi connectivity index (χ2n) is 6.62. The van der Waals surface area contributed by atoms with Crippen molar-refractivity contribution in [3.63, 3.8) is 0 Å². The zero-order chi connectivity index (χ0) is 19.3. The molecular weight excluding hydrogens is 328 g/mol. The number of hydrogen-bond acceptors (Lipinski definition) is 4. The van der Waals surface area contributed by atoms with Crippen LogP contribution in [0, 0.1) is 0 Å². The Labute approximate surface area is 159 Å². The molecule has 0 fully saturated rings. The van der Waals surface area contributed by atoms with Crippen molar-refractivity contribution in [3.8, 4) is 0 Å². The lowest BCUT2D eigenvalue weighted by atomic mass is 10.1. The normalized spacial score (nSPS) is 11.3. The minimum absolute atomic E-state index is 0.791. The number of carbonyl (C=O) groups excluding carboxylic acids is 2. The van der Waals surface area contributed by atoms with Gasteiger partial charge < -0.3 is 0 Å². The van der Waals surface area contributed by atoms with Crippen LogP contribution in [0.25, 0.3) is 0 Å². The van der Waals surface area contributed by atoms with E-state index in [4.69, 9.17) is 0 Å². The summed E-state index contributed by atoms with van der Waals surface area (Å²) < 4.78 is 0. The first-order valence-corrected chi connectivity index (χ1v) is 10.4. The number of carbonyl (C=O) groups is 2. The number of unbranched alkanes of at least 4 members (excludes halogenated alkanes) is 12. The fourth-order valence-electron chi connectivity index (χ4n) is 2.47. The van der Waals surface area contributed by atoms with Gasteiger partial charge in [0.15, 0.2) is 0 Å². The summed E-state index contributed by atoms with van der Waals surface area (Å²) in [6, 6.07) is 0. The average molecular weight is 367 g/mol. The zero-order valence-corrected chi connectivity index (χ0v) is 16.8. The van der Waals surface area contributed by atoms with Gasteiger partial charge in [0, 0.05) is 12.4 Å². The van der Waals surface area contributed by atoms with Crippen LogP contribution in [0.4, 0.5) is 0 Å². The van der Waals surface area contributed by atoms with Gasteiger partial charge in [0.2, 0.25) is 0 Å². The molecule has 0 spiro atoms. The third kappa shape index (κ3) is 17.1. The molecule has 0 saturated carbocycles. The Morgan fingerprint density at radius 3 is 1.35 bits per heavy atom. The molecule has 26 heavy (non-hydrogen) atoms. The molecule has 0 heterocycles. The van der Waals surface area contributed by atoms with Crippen LogP contribution in [-0.4, -0.2) is 24.2 Å². The van der Waals surface area contributed by atoms with Crippen molar-refractivity contribution in [2.24, 2.45) is 10.2 Å². The van der Waals surface area contributed by atoms with Crippen LogP contribution in [0.2, 0.25) is 0 Å². The molecule has 0 radical (unpaired) electrons. The SMILES string of the molecule is CCCCCCCCC=NNC(=O)C(=O)NN=CCCCCCCCC. The molecule has 2 amide bonds. The van der Waals surface area contributed by atoms with Crippen LogP contribution in [0.5, 0.6) is 0 Å². The van der Waals surface area contributed by atoms with Crippen molar-refractivity contribution >= 4 is 24.2 Å². The first kappa shape index (κ1) is 24.3. The molecule has 0 unspecified atom stereocenters. The Kier molecular flexibility index (Phi) is 18.3. The maximum atomic E-state index is 11.5. The molecule has 0 aromatic rings. The summed E-state index contributed by atoms with van der Waals surface area (Å²) in [5, 5.41) is 7.56.